The molecule has 0 aliphatic carbocycles. The maximum atomic E-state index is 6.52. The number of hydrogen-bond acceptors (Lipinski definition) is 6. The van der Waals surface area contributed by atoms with Crippen molar-refractivity contribution in [1.82, 2.24) is 19.7 Å². The molecule has 0 radical (unpaired) electrons. The van der Waals surface area contributed by atoms with Crippen molar-refractivity contribution in [2.24, 2.45) is 4.99 Å². The van der Waals surface area contributed by atoms with Crippen molar-refractivity contribution < 1.29 is 4.74 Å². The van der Waals surface area contributed by atoms with E-state index in [9.17, 15) is 0 Å². The number of likely N-dealkylation sites (N-methyl/N-ethyl adjacent to an activating group) is 1. The van der Waals surface area contributed by atoms with Crippen molar-refractivity contribution in [3.05, 3.63) is 54.0 Å². The van der Waals surface area contributed by atoms with Gasteiger partial charge in [0.1, 0.15) is 5.84 Å². The maximum absolute atomic E-state index is 6.52. The summed E-state index contributed by atoms with van der Waals surface area (Å²) >= 11 is 0. The van der Waals surface area contributed by atoms with Crippen molar-refractivity contribution in [3.63, 3.8) is 0 Å². The number of hydrogen-bond donors (Lipinski definition) is 0. The zero-order chi connectivity index (χ0) is 22.1. The number of amidine groups is 1. The number of fused-ring (bicyclic) bond motifs is 1. The third-order valence-electron chi connectivity index (χ3n) is 7.82. The van der Waals surface area contributed by atoms with Crippen LogP contribution < -0.4 is 0 Å². The molecule has 1 aromatic heterocycles. The summed E-state index contributed by atoms with van der Waals surface area (Å²) in [6.07, 6.45) is 16.6. The van der Waals surface area contributed by atoms with Crippen LogP contribution >= 0.6 is 0 Å². The van der Waals surface area contributed by atoms with Gasteiger partial charge in [0.25, 0.3) is 0 Å². The van der Waals surface area contributed by atoms with E-state index in [2.05, 4.69) is 66.2 Å². The van der Waals surface area contributed by atoms with Crippen LogP contribution in [0.3, 0.4) is 0 Å². The van der Waals surface area contributed by atoms with Crippen LogP contribution in [0.1, 0.15) is 49.4 Å². The molecule has 0 bridgehead atoms. The molecular formula is C26H37N5O. The van der Waals surface area contributed by atoms with Gasteiger partial charge in [-0.3, -0.25) is 14.9 Å². The summed E-state index contributed by atoms with van der Waals surface area (Å²) in [7, 11) is 4.48. The number of nitrogens with zero attached hydrogens (tertiary/aromatic N) is 5. The van der Waals surface area contributed by atoms with E-state index < -0.39 is 0 Å². The molecule has 5 heterocycles. The SMILES string of the molecule is Cc1cccnc1[C@@H]1CCC[C@H](C2N=C3C=CC=CN3C2COC2CCN(C)CC2)N1C. The predicted molar refractivity (Wildman–Crippen MR) is 129 cm³/mol. The Balaban J connectivity index is 1.34. The standard InChI is InChI=1S/C26H37N5O/c1-19-8-7-14-27-25(19)21-9-6-10-22(30(21)3)26-23(31-15-5-4-11-24(31)28-26)18-32-20-12-16-29(2)17-13-20/h4-5,7-8,11,14-15,20-23,26H,6,9-10,12-13,16-18H2,1-3H3/t21-,22+,23?,26?/m0/s1. The zero-order valence-corrected chi connectivity index (χ0v) is 19.7. The van der Waals surface area contributed by atoms with E-state index in [4.69, 9.17) is 14.7 Å². The second-order valence-electron chi connectivity index (χ2n) is 9.87. The fraction of sp³-hybridized carbons (Fsp3) is 0.615. The van der Waals surface area contributed by atoms with Crippen molar-refractivity contribution in [2.45, 2.75) is 69.3 Å². The number of pyridine rings is 1. The van der Waals surface area contributed by atoms with Gasteiger partial charge in [0.2, 0.25) is 0 Å². The Kier molecular flexibility index (Phi) is 6.44. The summed E-state index contributed by atoms with van der Waals surface area (Å²) in [5, 5.41) is 0. The van der Waals surface area contributed by atoms with Gasteiger partial charge >= 0.3 is 0 Å². The fourth-order valence-electron chi connectivity index (χ4n) is 5.89. The highest BCUT2D eigenvalue weighted by molar-refractivity contribution is 5.96. The molecule has 4 atom stereocenters. The van der Waals surface area contributed by atoms with E-state index in [1.807, 2.05) is 12.3 Å². The first kappa shape index (κ1) is 21.8. The average Bonchev–Trinajstić information content (AvgIpc) is 3.18. The summed E-state index contributed by atoms with van der Waals surface area (Å²) in [6.45, 7) is 5.18. The first-order valence-corrected chi connectivity index (χ1v) is 12.3. The van der Waals surface area contributed by atoms with Crippen LogP contribution in [0.25, 0.3) is 0 Å². The number of aliphatic imine (C=N–C) groups is 1. The molecule has 6 nitrogen and oxygen atoms in total. The first-order valence-electron chi connectivity index (χ1n) is 12.3. The number of likely N-dealkylation sites (tertiary alicyclic amines) is 2. The normalized spacial score (nSPS) is 31.7. The number of aromatic nitrogens is 1. The summed E-state index contributed by atoms with van der Waals surface area (Å²) in [6, 6.07) is 5.43. The van der Waals surface area contributed by atoms with Gasteiger partial charge < -0.3 is 14.5 Å². The molecule has 2 fully saturated rings. The van der Waals surface area contributed by atoms with E-state index in [0.717, 1.165) is 44.8 Å². The Bertz CT molecular complexity index is 888. The van der Waals surface area contributed by atoms with Crippen LogP contribution in [0.4, 0.5) is 0 Å². The lowest BCUT2D eigenvalue weighted by atomic mass is 9.86. The lowest BCUT2D eigenvalue weighted by Gasteiger charge is -2.43. The van der Waals surface area contributed by atoms with Gasteiger partial charge in [-0.15, -0.1) is 0 Å². The third kappa shape index (κ3) is 4.28. The van der Waals surface area contributed by atoms with Crippen LogP contribution in [0.15, 0.2) is 47.7 Å². The molecule has 32 heavy (non-hydrogen) atoms. The predicted octanol–water partition coefficient (Wildman–Crippen LogP) is 3.56. The van der Waals surface area contributed by atoms with Crippen molar-refractivity contribution in [1.29, 1.82) is 0 Å². The van der Waals surface area contributed by atoms with Crippen LogP contribution in [0.5, 0.6) is 0 Å². The number of piperidine rings is 2. The lowest BCUT2D eigenvalue weighted by Crippen LogP contribution is -2.52. The van der Waals surface area contributed by atoms with Gasteiger partial charge in [0, 0.05) is 31.5 Å². The van der Waals surface area contributed by atoms with Crippen LogP contribution in [0.2, 0.25) is 0 Å². The van der Waals surface area contributed by atoms with Crippen molar-refractivity contribution in [3.8, 4) is 0 Å². The topological polar surface area (TPSA) is 44.2 Å². The summed E-state index contributed by atoms with van der Waals surface area (Å²) in [5.41, 5.74) is 2.51. The first-order chi connectivity index (χ1) is 15.6. The molecule has 0 aromatic carbocycles. The molecule has 0 amide bonds. The third-order valence-corrected chi connectivity index (χ3v) is 7.82. The van der Waals surface area contributed by atoms with E-state index in [-0.39, 0.29) is 12.1 Å². The molecule has 1 aromatic rings. The summed E-state index contributed by atoms with van der Waals surface area (Å²) in [4.78, 5) is 17.3. The minimum Gasteiger partial charge on any atom is -0.376 e. The van der Waals surface area contributed by atoms with Crippen LogP contribution in [0, 0.1) is 6.92 Å². The lowest BCUT2D eigenvalue weighted by molar-refractivity contribution is -0.0150. The fourth-order valence-corrected chi connectivity index (χ4v) is 5.89. The number of rotatable bonds is 5. The van der Waals surface area contributed by atoms with E-state index in [1.54, 1.807) is 0 Å². The van der Waals surface area contributed by atoms with Gasteiger partial charge in [-0.1, -0.05) is 12.1 Å². The van der Waals surface area contributed by atoms with E-state index in [0.29, 0.717) is 18.2 Å². The van der Waals surface area contributed by atoms with Gasteiger partial charge in [-0.05, 0) is 76.9 Å². The number of aryl methyl sites for hydroxylation is 1. The highest BCUT2D eigenvalue weighted by atomic mass is 16.5. The molecular weight excluding hydrogens is 398 g/mol. The molecule has 2 saturated heterocycles. The van der Waals surface area contributed by atoms with Crippen LogP contribution in [-0.2, 0) is 4.74 Å². The summed E-state index contributed by atoms with van der Waals surface area (Å²) in [5.74, 6) is 1.08. The Morgan fingerprint density at radius 3 is 2.75 bits per heavy atom. The van der Waals surface area contributed by atoms with Crippen molar-refractivity contribution >= 4 is 5.84 Å². The smallest absolute Gasteiger partial charge is 0.128 e. The molecule has 5 rings (SSSR count). The molecule has 172 valence electrons. The minimum atomic E-state index is 0.209. The van der Waals surface area contributed by atoms with Gasteiger partial charge in [0.05, 0.1) is 36.5 Å². The van der Waals surface area contributed by atoms with E-state index >= 15 is 0 Å². The Morgan fingerprint density at radius 1 is 1.09 bits per heavy atom. The molecule has 6 heteroatoms. The molecule has 0 N–H and O–H groups in total. The number of ether oxygens (including phenoxy) is 1. The second kappa shape index (κ2) is 9.46. The monoisotopic (exact) mass is 435 g/mol. The highest BCUT2D eigenvalue weighted by Crippen LogP contribution is 2.38. The highest BCUT2D eigenvalue weighted by Gasteiger charge is 2.44. The summed E-state index contributed by atoms with van der Waals surface area (Å²) < 4.78 is 6.52. The number of allylic oxidation sites excluding steroid dienone is 2. The van der Waals surface area contributed by atoms with Gasteiger partial charge in [-0.2, -0.15) is 0 Å². The Labute approximate surface area is 192 Å². The van der Waals surface area contributed by atoms with E-state index in [1.165, 1.54) is 24.1 Å². The molecule has 2 unspecified atom stereocenters. The van der Waals surface area contributed by atoms with Crippen molar-refractivity contribution in [2.75, 3.05) is 33.8 Å². The molecule has 4 aliphatic rings. The quantitative estimate of drug-likeness (QED) is 0.708. The maximum Gasteiger partial charge on any atom is 0.128 e. The molecule has 0 spiro atoms. The molecule has 4 aliphatic heterocycles. The Morgan fingerprint density at radius 2 is 1.94 bits per heavy atom. The van der Waals surface area contributed by atoms with Crippen LogP contribution in [-0.4, -0.2) is 83.5 Å². The molecule has 0 saturated carbocycles. The zero-order valence-electron chi connectivity index (χ0n) is 19.7. The Hall–Kier alpha value is -2.02. The minimum absolute atomic E-state index is 0.209. The second-order valence-corrected chi connectivity index (χ2v) is 9.87. The largest absolute Gasteiger partial charge is 0.376 e. The van der Waals surface area contributed by atoms with Gasteiger partial charge in [0.15, 0.2) is 0 Å². The van der Waals surface area contributed by atoms with Gasteiger partial charge in [-0.25, -0.2) is 0 Å². The average molecular weight is 436 g/mol.